The minimum atomic E-state index is 0.234. The lowest BCUT2D eigenvalue weighted by molar-refractivity contribution is -0.0629. The number of rotatable bonds is 0. The first-order valence-electron chi connectivity index (χ1n) is 5.92. The van der Waals surface area contributed by atoms with Gasteiger partial charge in [-0.05, 0) is 37.5 Å². The molecule has 0 amide bonds. The Morgan fingerprint density at radius 2 is 2.21 bits per heavy atom. The molecule has 78 valence electrons. The van der Waals surface area contributed by atoms with Gasteiger partial charge in [0.2, 0.25) is 0 Å². The Balaban J connectivity index is 2.11. The number of allylic oxidation sites excluding steroid dienone is 1. The van der Waals surface area contributed by atoms with Crippen molar-refractivity contribution in [2.45, 2.75) is 45.1 Å². The molecule has 3 fully saturated rings. The fraction of sp³-hybridized carbons (Fsp3) is 0.846. The van der Waals surface area contributed by atoms with Gasteiger partial charge >= 0.3 is 0 Å². The maximum Gasteiger partial charge on any atom is 0.0748 e. The first-order chi connectivity index (χ1) is 6.60. The predicted molar refractivity (Wildman–Crippen MR) is 57.1 cm³/mol. The Hall–Kier alpha value is -0.300. The quantitative estimate of drug-likeness (QED) is 0.536. The average molecular weight is 192 g/mol. The zero-order valence-corrected chi connectivity index (χ0v) is 9.31. The SMILES string of the molecule is C=C1CC[C@@]23CC[C@@H]1[C@]2(C)[C@@H](C)CO3. The Morgan fingerprint density at radius 3 is 3.00 bits per heavy atom. The van der Waals surface area contributed by atoms with Gasteiger partial charge in [0.25, 0.3) is 0 Å². The van der Waals surface area contributed by atoms with Gasteiger partial charge in [-0.3, -0.25) is 0 Å². The second-order valence-corrected chi connectivity index (χ2v) is 5.74. The van der Waals surface area contributed by atoms with E-state index in [9.17, 15) is 0 Å². The molecule has 4 atom stereocenters. The average Bonchev–Trinajstić information content (AvgIpc) is 2.49. The van der Waals surface area contributed by atoms with Crippen LogP contribution in [0.1, 0.15) is 39.5 Å². The van der Waals surface area contributed by atoms with Crippen molar-refractivity contribution >= 4 is 0 Å². The molecular weight excluding hydrogens is 172 g/mol. The van der Waals surface area contributed by atoms with Gasteiger partial charge in [0, 0.05) is 5.41 Å². The smallest absolute Gasteiger partial charge is 0.0748 e. The van der Waals surface area contributed by atoms with E-state index < -0.39 is 0 Å². The minimum Gasteiger partial charge on any atom is -0.374 e. The predicted octanol–water partition coefficient (Wildman–Crippen LogP) is 3.16. The first-order valence-corrected chi connectivity index (χ1v) is 5.92. The zero-order valence-electron chi connectivity index (χ0n) is 9.31. The van der Waals surface area contributed by atoms with Gasteiger partial charge in [0.1, 0.15) is 0 Å². The fourth-order valence-corrected chi connectivity index (χ4v) is 4.37. The third-order valence-corrected chi connectivity index (χ3v) is 5.52. The van der Waals surface area contributed by atoms with E-state index in [0.717, 1.165) is 12.5 Å². The number of hydrogen-bond acceptors (Lipinski definition) is 1. The topological polar surface area (TPSA) is 9.23 Å². The van der Waals surface area contributed by atoms with Gasteiger partial charge in [-0.2, -0.15) is 0 Å². The van der Waals surface area contributed by atoms with Crippen LogP contribution in [0.5, 0.6) is 0 Å². The van der Waals surface area contributed by atoms with Crippen LogP contribution >= 0.6 is 0 Å². The van der Waals surface area contributed by atoms with Gasteiger partial charge in [0.15, 0.2) is 0 Å². The third kappa shape index (κ3) is 0.735. The van der Waals surface area contributed by atoms with Crippen molar-refractivity contribution in [3.05, 3.63) is 12.2 Å². The van der Waals surface area contributed by atoms with Crippen LogP contribution in [-0.4, -0.2) is 12.2 Å². The lowest BCUT2D eigenvalue weighted by Crippen LogP contribution is -2.47. The highest BCUT2D eigenvalue weighted by atomic mass is 16.5. The molecule has 0 aromatic heterocycles. The van der Waals surface area contributed by atoms with E-state index in [4.69, 9.17) is 4.74 Å². The van der Waals surface area contributed by atoms with Crippen LogP contribution in [0.4, 0.5) is 0 Å². The third-order valence-electron chi connectivity index (χ3n) is 5.52. The monoisotopic (exact) mass is 192 g/mol. The summed E-state index contributed by atoms with van der Waals surface area (Å²) in [6, 6.07) is 0. The van der Waals surface area contributed by atoms with Gasteiger partial charge in [-0.1, -0.05) is 26.0 Å². The summed E-state index contributed by atoms with van der Waals surface area (Å²) in [6.45, 7) is 10.1. The standard InChI is InChI=1S/C13H20O/c1-9-4-6-13-7-5-11(9)12(13,3)10(2)8-14-13/h10-11H,1,4-8H2,2-3H3/t10-,11-,12-,13+/m0/s1. The molecule has 3 aliphatic rings. The maximum atomic E-state index is 6.16. The normalized spacial score (nSPS) is 56.3. The summed E-state index contributed by atoms with van der Waals surface area (Å²) in [5.74, 6) is 1.46. The van der Waals surface area contributed by atoms with Crippen molar-refractivity contribution in [3.63, 3.8) is 0 Å². The van der Waals surface area contributed by atoms with Crippen LogP contribution in [0, 0.1) is 17.3 Å². The molecule has 0 aromatic rings. The molecule has 0 radical (unpaired) electrons. The molecule has 14 heavy (non-hydrogen) atoms. The molecule has 0 spiro atoms. The lowest BCUT2D eigenvalue weighted by Gasteiger charge is -2.47. The Labute approximate surface area is 86.5 Å². The summed E-state index contributed by atoms with van der Waals surface area (Å²) < 4.78 is 6.16. The molecule has 0 unspecified atom stereocenters. The Morgan fingerprint density at radius 1 is 1.43 bits per heavy atom. The molecule has 1 heteroatoms. The van der Waals surface area contributed by atoms with Crippen LogP contribution in [0.15, 0.2) is 12.2 Å². The summed E-state index contributed by atoms with van der Waals surface area (Å²) >= 11 is 0. The van der Waals surface area contributed by atoms with Gasteiger partial charge in [0.05, 0.1) is 12.2 Å². The molecular formula is C13H20O. The second kappa shape index (κ2) is 2.44. The molecule has 1 nitrogen and oxygen atoms in total. The molecule has 0 aromatic carbocycles. The Kier molecular flexibility index (Phi) is 1.56. The van der Waals surface area contributed by atoms with Crippen molar-refractivity contribution in [1.82, 2.24) is 0 Å². The Bertz CT molecular complexity index is 296. The maximum absolute atomic E-state index is 6.16. The van der Waals surface area contributed by atoms with Crippen molar-refractivity contribution in [2.75, 3.05) is 6.61 Å². The molecule has 1 aliphatic heterocycles. The summed E-state index contributed by atoms with van der Waals surface area (Å²) in [6.07, 6.45) is 5.02. The molecule has 2 bridgehead atoms. The van der Waals surface area contributed by atoms with E-state index in [1.165, 1.54) is 31.3 Å². The van der Waals surface area contributed by atoms with E-state index in [0.29, 0.717) is 11.3 Å². The second-order valence-electron chi connectivity index (χ2n) is 5.74. The van der Waals surface area contributed by atoms with Crippen molar-refractivity contribution in [3.8, 4) is 0 Å². The highest BCUT2D eigenvalue weighted by Gasteiger charge is 2.66. The highest BCUT2D eigenvalue weighted by Crippen LogP contribution is 2.67. The molecule has 0 N–H and O–H groups in total. The summed E-state index contributed by atoms with van der Waals surface area (Å²) in [7, 11) is 0. The van der Waals surface area contributed by atoms with Crippen molar-refractivity contribution in [1.29, 1.82) is 0 Å². The minimum absolute atomic E-state index is 0.234. The van der Waals surface area contributed by atoms with E-state index in [2.05, 4.69) is 20.4 Å². The van der Waals surface area contributed by atoms with E-state index in [-0.39, 0.29) is 5.60 Å². The molecule has 2 aliphatic carbocycles. The number of ether oxygens (including phenoxy) is 1. The zero-order chi connectivity index (χ0) is 9.97. The summed E-state index contributed by atoms with van der Waals surface area (Å²) in [4.78, 5) is 0. The number of hydrogen-bond donors (Lipinski definition) is 0. The van der Waals surface area contributed by atoms with Crippen molar-refractivity contribution in [2.24, 2.45) is 17.3 Å². The highest BCUT2D eigenvalue weighted by molar-refractivity contribution is 5.25. The summed E-state index contributed by atoms with van der Waals surface area (Å²) in [5.41, 5.74) is 2.14. The van der Waals surface area contributed by atoms with Gasteiger partial charge in [-0.25, -0.2) is 0 Å². The van der Waals surface area contributed by atoms with Crippen LogP contribution in [0.2, 0.25) is 0 Å². The van der Waals surface area contributed by atoms with Crippen molar-refractivity contribution < 1.29 is 4.74 Å². The largest absolute Gasteiger partial charge is 0.374 e. The van der Waals surface area contributed by atoms with E-state index >= 15 is 0 Å². The van der Waals surface area contributed by atoms with Crippen LogP contribution in [-0.2, 0) is 4.74 Å². The lowest BCUT2D eigenvalue weighted by atomic mass is 9.58. The summed E-state index contributed by atoms with van der Waals surface area (Å²) in [5, 5.41) is 0. The fourth-order valence-electron chi connectivity index (χ4n) is 4.37. The molecule has 1 saturated heterocycles. The van der Waals surface area contributed by atoms with Crippen LogP contribution < -0.4 is 0 Å². The van der Waals surface area contributed by atoms with Crippen LogP contribution in [0.25, 0.3) is 0 Å². The van der Waals surface area contributed by atoms with E-state index in [1.54, 1.807) is 0 Å². The molecule has 3 rings (SSSR count). The van der Waals surface area contributed by atoms with Gasteiger partial charge < -0.3 is 4.74 Å². The molecule has 1 heterocycles. The first kappa shape index (κ1) is 8.96. The van der Waals surface area contributed by atoms with Crippen LogP contribution in [0.3, 0.4) is 0 Å². The van der Waals surface area contributed by atoms with E-state index in [1.807, 2.05) is 0 Å². The van der Waals surface area contributed by atoms with Gasteiger partial charge in [-0.15, -0.1) is 0 Å². The molecule has 2 saturated carbocycles.